The summed E-state index contributed by atoms with van der Waals surface area (Å²) >= 11 is 0. The lowest BCUT2D eigenvalue weighted by Gasteiger charge is -2.38. The molecule has 0 amide bonds. The summed E-state index contributed by atoms with van der Waals surface area (Å²) in [6.07, 6.45) is 2.94. The molecule has 0 aromatic carbocycles. The van der Waals surface area contributed by atoms with E-state index in [0.29, 0.717) is 6.61 Å². The van der Waals surface area contributed by atoms with Crippen LogP contribution in [-0.2, 0) is 4.74 Å². The van der Waals surface area contributed by atoms with Gasteiger partial charge in [-0.2, -0.15) is 5.26 Å². The molecule has 1 rings (SSSR count). The quantitative estimate of drug-likeness (QED) is 0.774. The summed E-state index contributed by atoms with van der Waals surface area (Å²) in [5.74, 6) is 0.214. The van der Waals surface area contributed by atoms with E-state index in [9.17, 15) is 10.4 Å². The second-order valence-electron chi connectivity index (χ2n) is 4.45. The molecule has 2 unspecified atom stereocenters. The van der Waals surface area contributed by atoms with E-state index >= 15 is 0 Å². The number of nitrogens with zero attached hydrogens (tertiary/aromatic N) is 1. The first-order valence-electron chi connectivity index (χ1n) is 5.87. The van der Waals surface area contributed by atoms with Crippen LogP contribution in [0.15, 0.2) is 0 Å². The summed E-state index contributed by atoms with van der Waals surface area (Å²) in [5, 5.41) is 19.5. The van der Waals surface area contributed by atoms with Gasteiger partial charge in [-0.1, -0.05) is 26.7 Å². The molecule has 0 bridgehead atoms. The maximum Gasteiger partial charge on any atom is 0.107 e. The zero-order chi connectivity index (χ0) is 11.3. The Morgan fingerprint density at radius 3 is 2.53 bits per heavy atom. The predicted molar refractivity (Wildman–Crippen MR) is 58.2 cm³/mol. The molecule has 0 aromatic heterocycles. The smallest absolute Gasteiger partial charge is 0.107 e. The highest BCUT2D eigenvalue weighted by molar-refractivity contribution is 5.06. The number of hydrogen-bond acceptors (Lipinski definition) is 3. The Bertz CT molecular complexity index is 224. The van der Waals surface area contributed by atoms with Crippen molar-refractivity contribution in [3.8, 4) is 6.07 Å². The molecule has 1 aliphatic rings. The summed E-state index contributed by atoms with van der Waals surface area (Å²) in [7, 11) is 0. The molecule has 0 aliphatic carbocycles. The molecule has 1 saturated heterocycles. The van der Waals surface area contributed by atoms with Crippen molar-refractivity contribution in [1.29, 1.82) is 5.26 Å². The predicted octanol–water partition coefficient (Wildman–Crippen LogP) is 2.10. The molecule has 0 aromatic rings. The summed E-state index contributed by atoms with van der Waals surface area (Å²) in [6, 6.07) is 2.29. The molecule has 0 saturated carbocycles. The molecular weight excluding hydrogens is 190 g/mol. The van der Waals surface area contributed by atoms with E-state index < -0.39 is 11.5 Å². The van der Waals surface area contributed by atoms with Crippen molar-refractivity contribution < 1.29 is 9.84 Å². The molecule has 15 heavy (non-hydrogen) atoms. The van der Waals surface area contributed by atoms with Crippen molar-refractivity contribution in [1.82, 2.24) is 0 Å². The highest BCUT2D eigenvalue weighted by atomic mass is 16.5. The van der Waals surface area contributed by atoms with Crippen LogP contribution in [0.25, 0.3) is 0 Å². The first-order chi connectivity index (χ1) is 7.20. The highest BCUT2D eigenvalue weighted by Crippen LogP contribution is 2.36. The van der Waals surface area contributed by atoms with Crippen LogP contribution in [-0.4, -0.2) is 24.4 Å². The molecule has 3 heteroatoms. The van der Waals surface area contributed by atoms with E-state index in [-0.39, 0.29) is 5.92 Å². The average Bonchev–Trinajstić information content (AvgIpc) is 2.31. The standard InChI is InChI=1S/C12H21NO2/c1-3-10(4-2)11(14)12(8-13)6-5-7-15-9-12/h10-11,14H,3-7,9H2,1-2H3. The molecule has 2 atom stereocenters. The minimum Gasteiger partial charge on any atom is -0.391 e. The molecule has 1 heterocycles. The number of hydrogen-bond donors (Lipinski definition) is 1. The van der Waals surface area contributed by atoms with Crippen LogP contribution < -0.4 is 0 Å². The molecular formula is C12H21NO2. The zero-order valence-electron chi connectivity index (χ0n) is 9.70. The van der Waals surface area contributed by atoms with Gasteiger partial charge in [0.05, 0.1) is 18.8 Å². The number of aliphatic hydroxyl groups excluding tert-OH is 1. The van der Waals surface area contributed by atoms with Gasteiger partial charge < -0.3 is 9.84 Å². The van der Waals surface area contributed by atoms with E-state index in [1.165, 1.54) is 0 Å². The Labute approximate surface area is 92.0 Å². The topological polar surface area (TPSA) is 53.2 Å². The van der Waals surface area contributed by atoms with Crippen LogP contribution in [0.5, 0.6) is 0 Å². The largest absolute Gasteiger partial charge is 0.391 e. The van der Waals surface area contributed by atoms with Gasteiger partial charge in [-0.25, -0.2) is 0 Å². The normalized spacial score (nSPS) is 28.7. The molecule has 86 valence electrons. The van der Waals surface area contributed by atoms with Gasteiger partial charge in [-0.3, -0.25) is 0 Å². The van der Waals surface area contributed by atoms with Gasteiger partial charge in [0.1, 0.15) is 5.41 Å². The first-order valence-corrected chi connectivity index (χ1v) is 5.87. The molecule has 1 fully saturated rings. The summed E-state index contributed by atoms with van der Waals surface area (Å²) in [6.45, 7) is 5.23. The lowest BCUT2D eigenvalue weighted by atomic mass is 9.72. The van der Waals surface area contributed by atoms with Crippen molar-refractivity contribution in [3.05, 3.63) is 0 Å². The molecule has 1 N–H and O–H groups in total. The molecule has 1 aliphatic heterocycles. The third-order valence-corrected chi connectivity index (χ3v) is 3.56. The van der Waals surface area contributed by atoms with Crippen molar-refractivity contribution >= 4 is 0 Å². The van der Waals surface area contributed by atoms with Gasteiger partial charge in [-0.15, -0.1) is 0 Å². The second kappa shape index (κ2) is 5.48. The lowest BCUT2D eigenvalue weighted by molar-refractivity contribution is -0.0730. The maximum atomic E-state index is 10.3. The van der Waals surface area contributed by atoms with Crippen molar-refractivity contribution in [2.45, 2.75) is 45.6 Å². The highest BCUT2D eigenvalue weighted by Gasteiger charge is 2.43. The van der Waals surface area contributed by atoms with Gasteiger partial charge >= 0.3 is 0 Å². The van der Waals surface area contributed by atoms with Crippen LogP contribution in [0.2, 0.25) is 0 Å². The third kappa shape index (κ3) is 2.50. The maximum absolute atomic E-state index is 10.3. The summed E-state index contributed by atoms with van der Waals surface area (Å²) in [5.41, 5.74) is -0.658. The molecule has 0 spiro atoms. The third-order valence-electron chi connectivity index (χ3n) is 3.56. The first kappa shape index (κ1) is 12.5. The Balaban J connectivity index is 2.76. The van der Waals surface area contributed by atoms with Gasteiger partial charge in [0.25, 0.3) is 0 Å². The van der Waals surface area contributed by atoms with E-state index in [2.05, 4.69) is 19.9 Å². The van der Waals surface area contributed by atoms with E-state index in [4.69, 9.17) is 4.74 Å². The van der Waals surface area contributed by atoms with Gasteiger partial charge in [0, 0.05) is 6.61 Å². The van der Waals surface area contributed by atoms with E-state index in [1.54, 1.807) is 0 Å². The van der Waals surface area contributed by atoms with Crippen molar-refractivity contribution in [2.24, 2.45) is 11.3 Å². The number of aliphatic hydroxyl groups is 1. The second-order valence-corrected chi connectivity index (χ2v) is 4.45. The number of ether oxygens (including phenoxy) is 1. The Hall–Kier alpha value is -0.590. The minimum absolute atomic E-state index is 0.214. The van der Waals surface area contributed by atoms with Crippen LogP contribution >= 0.6 is 0 Å². The minimum atomic E-state index is -0.658. The number of rotatable bonds is 4. The van der Waals surface area contributed by atoms with Crippen LogP contribution in [0.1, 0.15) is 39.5 Å². The Morgan fingerprint density at radius 1 is 1.47 bits per heavy atom. The van der Waals surface area contributed by atoms with Gasteiger partial charge in [0.2, 0.25) is 0 Å². The van der Waals surface area contributed by atoms with E-state index in [0.717, 1.165) is 32.3 Å². The average molecular weight is 211 g/mol. The summed E-state index contributed by atoms with van der Waals surface area (Å²) in [4.78, 5) is 0. The van der Waals surface area contributed by atoms with Crippen LogP contribution in [0, 0.1) is 22.7 Å². The number of nitriles is 1. The monoisotopic (exact) mass is 211 g/mol. The van der Waals surface area contributed by atoms with Crippen molar-refractivity contribution in [3.63, 3.8) is 0 Å². The zero-order valence-corrected chi connectivity index (χ0v) is 9.70. The van der Waals surface area contributed by atoms with E-state index in [1.807, 2.05) is 0 Å². The van der Waals surface area contributed by atoms with Gasteiger partial charge in [-0.05, 0) is 18.8 Å². The Morgan fingerprint density at radius 2 is 2.13 bits per heavy atom. The van der Waals surface area contributed by atoms with Gasteiger partial charge in [0.15, 0.2) is 0 Å². The lowest BCUT2D eigenvalue weighted by Crippen LogP contribution is -2.45. The van der Waals surface area contributed by atoms with Crippen LogP contribution in [0.3, 0.4) is 0 Å². The van der Waals surface area contributed by atoms with Crippen LogP contribution in [0.4, 0.5) is 0 Å². The summed E-state index contributed by atoms with van der Waals surface area (Å²) < 4.78 is 5.35. The fraction of sp³-hybridized carbons (Fsp3) is 0.917. The fourth-order valence-corrected chi connectivity index (χ4v) is 2.39. The van der Waals surface area contributed by atoms with Crippen molar-refractivity contribution in [2.75, 3.05) is 13.2 Å². The molecule has 0 radical (unpaired) electrons. The molecule has 3 nitrogen and oxygen atoms in total. The fourth-order valence-electron chi connectivity index (χ4n) is 2.39. The Kier molecular flexibility index (Phi) is 4.56. The SMILES string of the molecule is CCC(CC)C(O)C1(C#N)CCCOC1.